The molecular formula is C25H23ClFN5O3. The molecule has 2 aromatic heterocycles. The molecular weight excluding hydrogens is 473 g/mol. The molecule has 0 aliphatic carbocycles. The molecule has 0 saturated carbocycles. The first-order valence-corrected chi connectivity index (χ1v) is 11.2. The van der Waals surface area contributed by atoms with Crippen LogP contribution >= 0.6 is 11.6 Å². The van der Waals surface area contributed by atoms with Crippen LogP contribution in [0.3, 0.4) is 0 Å². The van der Waals surface area contributed by atoms with Gasteiger partial charge in [0.25, 0.3) is 11.8 Å². The number of rotatable bonds is 6. The molecule has 4 aromatic rings. The van der Waals surface area contributed by atoms with Crippen LogP contribution in [0.25, 0.3) is 11.0 Å². The molecule has 8 nitrogen and oxygen atoms in total. The first kappa shape index (κ1) is 24.2. The number of amides is 2. The van der Waals surface area contributed by atoms with E-state index >= 15 is 0 Å². The predicted molar refractivity (Wildman–Crippen MR) is 133 cm³/mol. The van der Waals surface area contributed by atoms with E-state index in [1.54, 1.807) is 36.0 Å². The number of carbonyl (C=O) groups excluding carboxylic acids is 2. The Kier molecular flexibility index (Phi) is 6.70. The third-order valence-electron chi connectivity index (χ3n) is 5.37. The van der Waals surface area contributed by atoms with Crippen LogP contribution in [-0.4, -0.2) is 33.7 Å². The van der Waals surface area contributed by atoms with Gasteiger partial charge in [0.05, 0.1) is 35.8 Å². The molecule has 4 rings (SSSR count). The summed E-state index contributed by atoms with van der Waals surface area (Å²) in [5.74, 6) is -1.47. The maximum Gasteiger partial charge on any atom is 0.258 e. The van der Waals surface area contributed by atoms with Gasteiger partial charge in [-0.1, -0.05) is 11.6 Å². The second kappa shape index (κ2) is 9.71. The number of methoxy groups -OCH3 is 1. The molecule has 2 aromatic carbocycles. The summed E-state index contributed by atoms with van der Waals surface area (Å²) in [6, 6.07) is 10.4. The molecule has 2 heterocycles. The van der Waals surface area contributed by atoms with Crippen LogP contribution in [0.5, 0.6) is 5.75 Å². The number of halogens is 2. The Labute approximate surface area is 206 Å². The summed E-state index contributed by atoms with van der Waals surface area (Å²) < 4.78 is 21.3. The number of fused-ring (bicyclic) bond motifs is 1. The number of aryl methyl sites for hydroxylation is 1. The molecule has 0 radical (unpaired) electrons. The van der Waals surface area contributed by atoms with E-state index in [2.05, 4.69) is 20.7 Å². The summed E-state index contributed by atoms with van der Waals surface area (Å²) in [5.41, 5.74) is 2.14. The van der Waals surface area contributed by atoms with Crippen molar-refractivity contribution in [2.75, 3.05) is 17.7 Å². The van der Waals surface area contributed by atoms with Crippen molar-refractivity contribution in [1.82, 2.24) is 14.8 Å². The van der Waals surface area contributed by atoms with Gasteiger partial charge in [-0.2, -0.15) is 5.10 Å². The number of ether oxygens (including phenoxy) is 1. The molecule has 0 unspecified atom stereocenters. The highest BCUT2D eigenvalue weighted by molar-refractivity contribution is 6.30. The SMILES string of the molecule is COc1ccc(NC(=O)c2cc3cnn(C(C)C)c3nc2C)cc1NC(=O)c1ccc(Cl)cc1F. The van der Waals surface area contributed by atoms with Crippen LogP contribution in [0, 0.1) is 12.7 Å². The number of carbonyl (C=O) groups is 2. The monoisotopic (exact) mass is 495 g/mol. The van der Waals surface area contributed by atoms with Crippen LogP contribution in [0.1, 0.15) is 46.3 Å². The quantitative estimate of drug-likeness (QED) is 0.361. The van der Waals surface area contributed by atoms with Crippen molar-refractivity contribution < 1.29 is 18.7 Å². The number of nitrogens with one attached hydrogen (secondary N) is 2. The summed E-state index contributed by atoms with van der Waals surface area (Å²) in [5, 5.41) is 10.7. The van der Waals surface area contributed by atoms with E-state index in [1.807, 2.05) is 13.8 Å². The molecule has 0 aliphatic heterocycles. The Morgan fingerprint density at radius 3 is 2.49 bits per heavy atom. The molecule has 0 spiro atoms. The van der Waals surface area contributed by atoms with Crippen molar-refractivity contribution in [2.45, 2.75) is 26.8 Å². The molecule has 2 amide bonds. The van der Waals surface area contributed by atoms with E-state index < -0.39 is 11.7 Å². The number of pyridine rings is 1. The normalized spacial score (nSPS) is 11.1. The number of benzene rings is 2. The highest BCUT2D eigenvalue weighted by Crippen LogP contribution is 2.29. The van der Waals surface area contributed by atoms with Crippen LogP contribution in [0.4, 0.5) is 15.8 Å². The first-order chi connectivity index (χ1) is 16.7. The zero-order valence-corrected chi connectivity index (χ0v) is 20.3. The van der Waals surface area contributed by atoms with Gasteiger partial charge in [-0.15, -0.1) is 0 Å². The number of anilines is 2. The fourth-order valence-corrected chi connectivity index (χ4v) is 3.78. The van der Waals surface area contributed by atoms with Gasteiger partial charge in [0.15, 0.2) is 5.65 Å². The molecule has 180 valence electrons. The van der Waals surface area contributed by atoms with Gasteiger partial charge in [-0.05, 0) is 63.2 Å². The smallest absolute Gasteiger partial charge is 0.258 e. The van der Waals surface area contributed by atoms with Crippen molar-refractivity contribution in [3.63, 3.8) is 0 Å². The lowest BCUT2D eigenvalue weighted by Gasteiger charge is -2.14. The van der Waals surface area contributed by atoms with E-state index in [-0.39, 0.29) is 28.2 Å². The van der Waals surface area contributed by atoms with Crippen molar-refractivity contribution in [1.29, 1.82) is 0 Å². The van der Waals surface area contributed by atoms with Crippen LogP contribution in [-0.2, 0) is 0 Å². The van der Waals surface area contributed by atoms with Crippen molar-refractivity contribution in [3.8, 4) is 5.75 Å². The zero-order valence-electron chi connectivity index (χ0n) is 19.5. The minimum Gasteiger partial charge on any atom is -0.495 e. The molecule has 2 N–H and O–H groups in total. The predicted octanol–water partition coefficient (Wildman–Crippen LogP) is 5.63. The van der Waals surface area contributed by atoms with E-state index in [0.29, 0.717) is 28.3 Å². The number of nitrogens with zero attached hydrogens (tertiary/aromatic N) is 3. The molecule has 10 heteroatoms. The number of hydrogen-bond acceptors (Lipinski definition) is 5. The number of aromatic nitrogens is 3. The summed E-state index contributed by atoms with van der Waals surface area (Å²) in [6.45, 7) is 5.77. The van der Waals surface area contributed by atoms with Crippen LogP contribution in [0.2, 0.25) is 5.02 Å². The maximum atomic E-state index is 14.2. The molecule has 0 saturated heterocycles. The first-order valence-electron chi connectivity index (χ1n) is 10.8. The van der Waals surface area contributed by atoms with E-state index in [4.69, 9.17) is 16.3 Å². The van der Waals surface area contributed by atoms with Gasteiger partial charge >= 0.3 is 0 Å². The van der Waals surface area contributed by atoms with Gasteiger partial charge in [-0.3, -0.25) is 9.59 Å². The number of hydrogen-bond donors (Lipinski definition) is 2. The van der Waals surface area contributed by atoms with Crippen molar-refractivity contribution in [3.05, 3.63) is 76.3 Å². The standard InChI is InChI=1S/C25H23ClFN5O3/c1-13(2)32-23-15(12-28-32)9-19(14(3)29-23)25(34)30-17-6-8-22(35-4)21(11-17)31-24(33)18-7-5-16(26)10-20(18)27/h5-13H,1-4H3,(H,30,34)(H,31,33). The second-order valence-corrected chi connectivity index (χ2v) is 8.60. The minimum absolute atomic E-state index is 0.133. The summed E-state index contributed by atoms with van der Waals surface area (Å²) in [6.07, 6.45) is 1.68. The highest BCUT2D eigenvalue weighted by Gasteiger charge is 2.18. The van der Waals surface area contributed by atoms with Gasteiger partial charge in [0, 0.05) is 22.1 Å². The Hall–Kier alpha value is -3.98. The van der Waals surface area contributed by atoms with E-state index in [9.17, 15) is 14.0 Å². The van der Waals surface area contributed by atoms with Crippen molar-refractivity contribution >= 4 is 45.8 Å². The average molecular weight is 496 g/mol. The van der Waals surface area contributed by atoms with Crippen LogP contribution < -0.4 is 15.4 Å². The molecule has 0 bridgehead atoms. The summed E-state index contributed by atoms with van der Waals surface area (Å²) in [4.78, 5) is 30.3. The maximum absolute atomic E-state index is 14.2. The van der Waals surface area contributed by atoms with Gasteiger partial charge in [0.2, 0.25) is 0 Å². The lowest BCUT2D eigenvalue weighted by Crippen LogP contribution is -2.16. The van der Waals surface area contributed by atoms with E-state index in [0.717, 1.165) is 11.5 Å². The second-order valence-electron chi connectivity index (χ2n) is 8.16. The molecule has 0 fully saturated rings. The lowest BCUT2D eigenvalue weighted by molar-refractivity contribution is 0.101. The summed E-state index contributed by atoms with van der Waals surface area (Å²) >= 11 is 5.77. The van der Waals surface area contributed by atoms with Gasteiger partial charge < -0.3 is 15.4 Å². The fourth-order valence-electron chi connectivity index (χ4n) is 3.62. The third kappa shape index (κ3) is 4.95. The highest BCUT2D eigenvalue weighted by atomic mass is 35.5. The zero-order chi connectivity index (χ0) is 25.3. The van der Waals surface area contributed by atoms with Crippen LogP contribution in [0.15, 0.2) is 48.7 Å². The Bertz CT molecular complexity index is 1450. The Morgan fingerprint density at radius 2 is 1.80 bits per heavy atom. The Balaban J connectivity index is 1.59. The largest absolute Gasteiger partial charge is 0.495 e. The molecule has 0 atom stereocenters. The lowest BCUT2D eigenvalue weighted by atomic mass is 10.1. The topological polar surface area (TPSA) is 98.1 Å². The molecule has 0 aliphatic rings. The Morgan fingerprint density at radius 1 is 1.06 bits per heavy atom. The average Bonchev–Trinajstić information content (AvgIpc) is 3.21. The molecule has 35 heavy (non-hydrogen) atoms. The minimum atomic E-state index is -0.752. The van der Waals surface area contributed by atoms with Crippen molar-refractivity contribution in [2.24, 2.45) is 0 Å². The van der Waals surface area contributed by atoms with E-state index in [1.165, 1.54) is 25.3 Å². The van der Waals surface area contributed by atoms with Gasteiger partial charge in [0.1, 0.15) is 11.6 Å². The summed E-state index contributed by atoms with van der Waals surface area (Å²) in [7, 11) is 1.44. The third-order valence-corrected chi connectivity index (χ3v) is 5.61. The fraction of sp³-hybridized carbons (Fsp3) is 0.200. The van der Waals surface area contributed by atoms with Gasteiger partial charge in [-0.25, -0.2) is 14.1 Å².